The summed E-state index contributed by atoms with van der Waals surface area (Å²) in [4.78, 5) is 0. The van der Waals surface area contributed by atoms with Crippen molar-refractivity contribution in [2.45, 2.75) is 13.8 Å². The van der Waals surface area contributed by atoms with Gasteiger partial charge in [0.05, 0.1) is 0 Å². The van der Waals surface area contributed by atoms with E-state index in [0.29, 0.717) is 0 Å². The van der Waals surface area contributed by atoms with Gasteiger partial charge in [0.2, 0.25) is 0 Å². The van der Waals surface area contributed by atoms with E-state index in [1.54, 1.807) is 0 Å². The maximum absolute atomic E-state index is 2.09. The second-order valence-electron chi connectivity index (χ2n) is 0.908. The molecule has 0 rings (SSSR count). The Balaban J connectivity index is 2.80. The van der Waals surface area contributed by atoms with Gasteiger partial charge in [-0.1, -0.05) is 0 Å². The molecule has 0 aromatic heterocycles. The second kappa shape index (κ2) is 1.84. The third-order valence-corrected chi connectivity index (χ3v) is 0. The van der Waals surface area contributed by atoms with Crippen LogP contribution >= 0.6 is 0 Å². The van der Waals surface area contributed by atoms with Crippen LogP contribution in [0, 0.1) is 0 Å². The summed E-state index contributed by atoms with van der Waals surface area (Å²) < 4.78 is 1.43. The quantitative estimate of drug-likeness (QED) is 0.433. The molecule has 24 valence electrons. The average Bonchev–Trinajstić information content (AvgIpc) is 0.811. The van der Waals surface area contributed by atoms with Gasteiger partial charge in [-0.25, -0.2) is 0 Å². The molecule has 0 aliphatic carbocycles. The van der Waals surface area contributed by atoms with E-state index in [0.717, 1.165) is 0 Å². The summed E-state index contributed by atoms with van der Waals surface area (Å²) in [6, 6.07) is 0. The Bertz CT molecular complexity index is 26.3. The van der Waals surface area contributed by atoms with Crippen LogP contribution in [0.15, 0.2) is 0 Å². The molecule has 0 aliphatic rings. The molecule has 0 spiro atoms. The van der Waals surface area contributed by atoms with E-state index < -0.39 is 0 Å². The normalized spacial score (nSPS) is 6.50. The van der Waals surface area contributed by atoms with E-state index in [4.69, 9.17) is 0 Å². The summed E-state index contributed by atoms with van der Waals surface area (Å²) in [6.07, 6.45) is 0. The van der Waals surface area contributed by atoms with Crippen LogP contribution in [0.3, 0.4) is 0 Å². The van der Waals surface area contributed by atoms with Crippen LogP contribution in [0.5, 0.6) is 0 Å². The van der Waals surface area contributed by atoms with Gasteiger partial charge in [-0.05, 0) is 0 Å². The first-order chi connectivity index (χ1) is 1.73. The van der Waals surface area contributed by atoms with Gasteiger partial charge in [0.25, 0.3) is 0 Å². The van der Waals surface area contributed by atoms with E-state index in [-0.39, 0.29) is 0 Å². The van der Waals surface area contributed by atoms with Gasteiger partial charge in [0.1, 0.15) is 0 Å². The Morgan fingerprint density at radius 3 is 1.50 bits per heavy atom. The molecule has 0 saturated carbocycles. The summed E-state index contributed by atoms with van der Waals surface area (Å²) in [5.74, 6) is 0. The molecule has 0 N–H and O–H groups in total. The van der Waals surface area contributed by atoms with Gasteiger partial charge in [0.15, 0.2) is 0 Å². The minimum absolute atomic E-state index is 1.43. The molecule has 4 heavy (non-hydrogen) atoms. The molecule has 0 nitrogen and oxygen atoms in total. The monoisotopic (exact) mass is 140 g/mol. The summed E-state index contributed by atoms with van der Waals surface area (Å²) in [7, 11) is 0. The summed E-state index contributed by atoms with van der Waals surface area (Å²) in [5, 5.41) is 0. The van der Waals surface area contributed by atoms with Crippen LogP contribution in [0.2, 0.25) is 0 Å². The fourth-order valence-electron chi connectivity index (χ4n) is 0. The summed E-state index contributed by atoms with van der Waals surface area (Å²) in [6.45, 7) is 4.18. The van der Waals surface area contributed by atoms with Crippen molar-refractivity contribution in [3.63, 3.8) is 0 Å². The Kier molecular flexibility index (Phi) is 2.10. The molecule has 0 aromatic carbocycles. The molecule has 0 unspecified atom stereocenters. The molecular formula is C3H6Mo. The first-order valence-corrected chi connectivity index (χ1v) is 2.21. The van der Waals surface area contributed by atoms with Gasteiger partial charge < -0.3 is 0 Å². The molecule has 0 fully saturated rings. The number of hydrogen-bond donors (Lipinski definition) is 0. The zero-order valence-corrected chi connectivity index (χ0v) is 4.92. The maximum atomic E-state index is 2.09. The molecule has 0 aliphatic heterocycles. The third-order valence-electron chi connectivity index (χ3n) is 0. The topological polar surface area (TPSA) is 0 Å². The first kappa shape index (κ1) is 4.56. The van der Waals surface area contributed by atoms with Crippen LogP contribution in [0.25, 0.3) is 0 Å². The fourth-order valence-corrected chi connectivity index (χ4v) is 0. The Morgan fingerprint density at radius 2 is 1.50 bits per heavy atom. The molecule has 1 heteroatoms. The van der Waals surface area contributed by atoms with Crippen LogP contribution in [-0.4, -0.2) is 3.90 Å². The Labute approximate surface area is 37.6 Å². The van der Waals surface area contributed by atoms with Crippen molar-refractivity contribution in [1.29, 1.82) is 0 Å². The summed E-state index contributed by atoms with van der Waals surface area (Å²) >= 11 is 2.02. The van der Waals surface area contributed by atoms with Crippen LogP contribution in [-0.2, 0) is 19.4 Å². The van der Waals surface area contributed by atoms with E-state index in [1.807, 2.05) is 19.4 Å². The van der Waals surface area contributed by atoms with Crippen LogP contribution in [0.4, 0.5) is 0 Å². The van der Waals surface area contributed by atoms with E-state index in [2.05, 4.69) is 13.8 Å². The zero-order valence-electron chi connectivity index (χ0n) is 2.91. The van der Waals surface area contributed by atoms with Crippen molar-refractivity contribution >= 4 is 3.90 Å². The zero-order chi connectivity index (χ0) is 3.58. The van der Waals surface area contributed by atoms with Crippen molar-refractivity contribution in [2.24, 2.45) is 0 Å². The average molecular weight is 138 g/mol. The minimum atomic E-state index is 1.43. The Morgan fingerprint density at radius 1 is 1.50 bits per heavy atom. The van der Waals surface area contributed by atoms with Crippen molar-refractivity contribution < 1.29 is 19.4 Å². The standard InChI is InChI=1S/C3H6.Mo/c1-3-2;/h1-2H3;. The molecular weight excluding hydrogens is 132 g/mol. The second-order valence-corrected chi connectivity index (χ2v) is 2.92. The van der Waals surface area contributed by atoms with Crippen LogP contribution in [0.1, 0.15) is 13.8 Å². The first-order valence-electron chi connectivity index (χ1n) is 1.20. The van der Waals surface area contributed by atoms with E-state index in [9.17, 15) is 0 Å². The predicted octanol–water partition coefficient (Wildman–Crippen LogP) is 0.745. The van der Waals surface area contributed by atoms with Gasteiger partial charge in [0, 0.05) is 0 Å². The predicted molar refractivity (Wildman–Crippen MR) is 16.4 cm³/mol. The summed E-state index contributed by atoms with van der Waals surface area (Å²) in [5.41, 5.74) is 0. The van der Waals surface area contributed by atoms with Crippen LogP contribution < -0.4 is 0 Å². The SMILES string of the molecule is C[C](C)=[Mo]. The fraction of sp³-hybridized carbons (Fsp3) is 0.667. The Hall–Kier alpha value is 0.558. The van der Waals surface area contributed by atoms with Gasteiger partial charge in [-0.3, -0.25) is 0 Å². The number of hydrogen-bond acceptors (Lipinski definition) is 0. The van der Waals surface area contributed by atoms with Crippen molar-refractivity contribution in [3.8, 4) is 0 Å². The molecule has 0 atom stereocenters. The molecule has 0 bridgehead atoms. The molecule has 0 aromatic rings. The molecule has 0 amide bonds. The van der Waals surface area contributed by atoms with Gasteiger partial charge in [-0.15, -0.1) is 0 Å². The van der Waals surface area contributed by atoms with E-state index in [1.165, 1.54) is 3.90 Å². The van der Waals surface area contributed by atoms with Gasteiger partial charge >= 0.3 is 37.1 Å². The molecule has 0 radical (unpaired) electrons. The van der Waals surface area contributed by atoms with E-state index >= 15 is 0 Å². The van der Waals surface area contributed by atoms with Crippen molar-refractivity contribution in [1.82, 2.24) is 0 Å². The molecule has 0 heterocycles. The van der Waals surface area contributed by atoms with Crippen molar-refractivity contribution in [2.75, 3.05) is 0 Å². The van der Waals surface area contributed by atoms with Crippen molar-refractivity contribution in [3.05, 3.63) is 0 Å². The number of rotatable bonds is 0. The van der Waals surface area contributed by atoms with Gasteiger partial charge in [-0.2, -0.15) is 0 Å². The third kappa shape index (κ3) is 19.9. The molecule has 0 saturated heterocycles.